The van der Waals surface area contributed by atoms with E-state index in [1.807, 2.05) is 0 Å². The molecule has 0 aliphatic heterocycles. The average Bonchev–Trinajstić information content (AvgIpc) is 2.12. The van der Waals surface area contributed by atoms with E-state index in [-0.39, 0.29) is 0 Å². The quantitative estimate of drug-likeness (QED) is 0.260. The van der Waals surface area contributed by atoms with Crippen LogP contribution >= 0.6 is 0 Å². The fourth-order valence-electron chi connectivity index (χ4n) is 1.21. The van der Waals surface area contributed by atoms with Crippen molar-refractivity contribution in [3.63, 3.8) is 0 Å². The number of azide groups is 1. The zero-order valence-electron chi connectivity index (χ0n) is 8.90. The van der Waals surface area contributed by atoms with E-state index in [2.05, 4.69) is 35.8 Å². The minimum atomic E-state index is 0.612. The lowest BCUT2D eigenvalue weighted by Crippen LogP contribution is -2.25. The minimum absolute atomic E-state index is 0.612. The van der Waals surface area contributed by atoms with Crippen LogP contribution in [0.3, 0.4) is 0 Å². The summed E-state index contributed by atoms with van der Waals surface area (Å²) in [6.45, 7) is 7.22. The fraction of sp³-hybridized carbons (Fsp3) is 1.00. The molecule has 0 amide bonds. The molecular weight excluding hydrogens is 164 g/mol. The molecule has 0 saturated carbocycles. The van der Waals surface area contributed by atoms with Crippen LogP contribution in [0.15, 0.2) is 5.11 Å². The maximum atomic E-state index is 8.06. The highest BCUT2D eigenvalue weighted by Gasteiger charge is 2.02. The molecule has 0 radical (unpaired) electrons. The molecule has 0 saturated heterocycles. The molecule has 1 atom stereocenters. The largest absolute Gasteiger partial charge is 0.306 e. The molecule has 0 aliphatic rings. The van der Waals surface area contributed by atoms with Crippen LogP contribution in [-0.2, 0) is 0 Å². The molecule has 0 fully saturated rings. The van der Waals surface area contributed by atoms with Gasteiger partial charge in [0.1, 0.15) is 0 Å². The van der Waals surface area contributed by atoms with Crippen molar-refractivity contribution in [3.05, 3.63) is 10.4 Å². The van der Waals surface area contributed by atoms with Crippen molar-refractivity contribution in [1.82, 2.24) is 4.90 Å². The lowest BCUT2D eigenvalue weighted by molar-refractivity contribution is 0.280. The molecule has 76 valence electrons. The molecule has 0 heterocycles. The van der Waals surface area contributed by atoms with Gasteiger partial charge in [0.25, 0.3) is 0 Å². The Kier molecular flexibility index (Phi) is 7.45. The minimum Gasteiger partial charge on any atom is -0.306 e. The second-order valence-electron chi connectivity index (χ2n) is 3.58. The number of rotatable bonds is 7. The summed E-state index contributed by atoms with van der Waals surface area (Å²) in [6.07, 6.45) is 2.18. The van der Waals surface area contributed by atoms with E-state index in [1.54, 1.807) is 0 Å². The standard InChI is InChI=1S/C9H20N4/c1-4-9(2)8-13(3)7-5-6-11-12-10/h9H,4-8H2,1-3H3. The molecule has 0 aromatic rings. The Bertz CT molecular complexity index is 163. The maximum Gasteiger partial charge on any atom is 0.0270 e. The third-order valence-electron chi connectivity index (χ3n) is 2.18. The second kappa shape index (κ2) is 7.90. The first-order valence-corrected chi connectivity index (χ1v) is 4.90. The van der Waals surface area contributed by atoms with Crippen molar-refractivity contribution in [2.45, 2.75) is 26.7 Å². The summed E-state index contributed by atoms with van der Waals surface area (Å²) in [7, 11) is 2.11. The number of hydrogen-bond donors (Lipinski definition) is 0. The van der Waals surface area contributed by atoms with E-state index >= 15 is 0 Å². The molecule has 0 bridgehead atoms. The van der Waals surface area contributed by atoms with Crippen molar-refractivity contribution in [2.24, 2.45) is 11.0 Å². The summed E-state index contributed by atoms with van der Waals surface area (Å²) >= 11 is 0. The first kappa shape index (κ1) is 12.3. The Labute approximate surface area is 80.6 Å². The molecule has 4 heteroatoms. The number of hydrogen-bond acceptors (Lipinski definition) is 2. The number of nitrogens with zero attached hydrogens (tertiary/aromatic N) is 4. The van der Waals surface area contributed by atoms with Gasteiger partial charge in [-0.2, -0.15) is 0 Å². The van der Waals surface area contributed by atoms with Gasteiger partial charge in [0.15, 0.2) is 0 Å². The van der Waals surface area contributed by atoms with Gasteiger partial charge < -0.3 is 4.90 Å². The smallest absolute Gasteiger partial charge is 0.0270 e. The van der Waals surface area contributed by atoms with Crippen molar-refractivity contribution in [2.75, 3.05) is 26.7 Å². The zero-order valence-corrected chi connectivity index (χ0v) is 8.90. The van der Waals surface area contributed by atoms with E-state index in [0.717, 1.165) is 25.4 Å². The summed E-state index contributed by atoms with van der Waals surface area (Å²) < 4.78 is 0. The van der Waals surface area contributed by atoms with Gasteiger partial charge in [0.05, 0.1) is 0 Å². The molecule has 0 rings (SSSR count). The van der Waals surface area contributed by atoms with Gasteiger partial charge in [0, 0.05) is 18.0 Å². The molecular formula is C9H20N4. The monoisotopic (exact) mass is 184 g/mol. The fourth-order valence-corrected chi connectivity index (χ4v) is 1.21. The Balaban J connectivity index is 3.39. The van der Waals surface area contributed by atoms with Gasteiger partial charge in [-0.15, -0.1) is 0 Å². The predicted molar refractivity (Wildman–Crippen MR) is 55.6 cm³/mol. The van der Waals surface area contributed by atoms with Crippen LogP contribution in [0.4, 0.5) is 0 Å². The van der Waals surface area contributed by atoms with Crippen molar-refractivity contribution in [3.8, 4) is 0 Å². The van der Waals surface area contributed by atoms with Crippen molar-refractivity contribution >= 4 is 0 Å². The van der Waals surface area contributed by atoms with E-state index < -0.39 is 0 Å². The molecule has 0 spiro atoms. The van der Waals surface area contributed by atoms with Gasteiger partial charge in [-0.25, -0.2) is 0 Å². The van der Waals surface area contributed by atoms with Crippen LogP contribution in [0.2, 0.25) is 0 Å². The summed E-state index contributed by atoms with van der Waals surface area (Å²) in [5.74, 6) is 0.754. The highest BCUT2D eigenvalue weighted by molar-refractivity contribution is 4.58. The topological polar surface area (TPSA) is 52.0 Å². The van der Waals surface area contributed by atoms with Gasteiger partial charge in [-0.1, -0.05) is 25.4 Å². The van der Waals surface area contributed by atoms with E-state index in [9.17, 15) is 0 Å². The first-order valence-electron chi connectivity index (χ1n) is 4.90. The summed E-state index contributed by atoms with van der Waals surface area (Å²) in [6, 6.07) is 0. The summed E-state index contributed by atoms with van der Waals surface area (Å²) in [5, 5.41) is 3.50. The molecule has 13 heavy (non-hydrogen) atoms. The second-order valence-corrected chi connectivity index (χ2v) is 3.58. The van der Waals surface area contributed by atoms with E-state index in [0.29, 0.717) is 6.54 Å². The van der Waals surface area contributed by atoms with Crippen LogP contribution in [0.1, 0.15) is 26.7 Å². The summed E-state index contributed by atoms with van der Waals surface area (Å²) in [4.78, 5) is 5.01. The van der Waals surface area contributed by atoms with Gasteiger partial charge >= 0.3 is 0 Å². The lowest BCUT2D eigenvalue weighted by Gasteiger charge is -2.19. The van der Waals surface area contributed by atoms with Crippen LogP contribution in [0.5, 0.6) is 0 Å². The SMILES string of the molecule is CCC(C)CN(C)CCCN=[N+]=[N-]. The van der Waals surface area contributed by atoms with Crippen molar-refractivity contribution in [1.29, 1.82) is 0 Å². The third-order valence-corrected chi connectivity index (χ3v) is 2.18. The van der Waals surface area contributed by atoms with Crippen LogP contribution < -0.4 is 0 Å². The maximum absolute atomic E-state index is 8.06. The zero-order chi connectivity index (χ0) is 10.1. The highest BCUT2D eigenvalue weighted by atomic mass is 15.1. The first-order chi connectivity index (χ1) is 6.20. The average molecular weight is 184 g/mol. The van der Waals surface area contributed by atoms with E-state index in [1.165, 1.54) is 6.42 Å². The highest BCUT2D eigenvalue weighted by Crippen LogP contribution is 2.02. The van der Waals surface area contributed by atoms with Gasteiger partial charge in [-0.05, 0) is 31.5 Å². The third kappa shape index (κ3) is 7.62. The Morgan fingerprint density at radius 1 is 1.54 bits per heavy atom. The van der Waals surface area contributed by atoms with E-state index in [4.69, 9.17) is 5.53 Å². The van der Waals surface area contributed by atoms with Gasteiger partial charge in [0.2, 0.25) is 0 Å². The molecule has 4 nitrogen and oxygen atoms in total. The molecule has 0 aliphatic carbocycles. The molecule has 0 aromatic heterocycles. The molecule has 0 aromatic carbocycles. The summed E-state index contributed by atoms with van der Waals surface area (Å²) in [5.41, 5.74) is 8.06. The Morgan fingerprint density at radius 2 is 2.23 bits per heavy atom. The lowest BCUT2D eigenvalue weighted by atomic mass is 10.1. The Morgan fingerprint density at radius 3 is 2.77 bits per heavy atom. The van der Waals surface area contributed by atoms with Crippen LogP contribution in [-0.4, -0.2) is 31.6 Å². The normalized spacial score (nSPS) is 12.6. The molecule has 0 N–H and O–H groups in total. The van der Waals surface area contributed by atoms with Crippen LogP contribution in [0, 0.1) is 5.92 Å². The molecule has 1 unspecified atom stereocenters. The van der Waals surface area contributed by atoms with Gasteiger partial charge in [-0.3, -0.25) is 0 Å². The van der Waals surface area contributed by atoms with Crippen molar-refractivity contribution < 1.29 is 0 Å². The Hall–Kier alpha value is -0.730. The van der Waals surface area contributed by atoms with Crippen LogP contribution in [0.25, 0.3) is 10.4 Å². The predicted octanol–water partition coefficient (Wildman–Crippen LogP) is 2.66.